The first-order chi connectivity index (χ1) is 61.1. The predicted molar refractivity (Wildman–Crippen MR) is 506 cm³/mol. The minimum Gasteiger partial charge on any atom is -0.872 e. The second-order valence-electron chi connectivity index (χ2n) is 32.0. The van der Waals surface area contributed by atoms with Gasteiger partial charge in [0.25, 0.3) is 10.0 Å². The summed E-state index contributed by atoms with van der Waals surface area (Å²) < 4.78 is 4.73. The van der Waals surface area contributed by atoms with Crippen LogP contribution < -0.4 is 20.2 Å². The van der Waals surface area contributed by atoms with Crippen LogP contribution >= 0.6 is 22.7 Å². The fourth-order valence-electron chi connectivity index (χ4n) is 19.7. The van der Waals surface area contributed by atoms with Crippen molar-refractivity contribution in [1.29, 1.82) is 5.26 Å². The second-order valence-corrected chi connectivity index (χ2v) is 34.1. The van der Waals surface area contributed by atoms with Crippen molar-refractivity contribution in [2.24, 2.45) is 0 Å². The van der Waals surface area contributed by atoms with Crippen LogP contribution in [0.1, 0.15) is 55.6 Å². The molecule has 0 aliphatic heterocycles. The number of benzene rings is 18. The Bertz CT molecular complexity index is 7810. The summed E-state index contributed by atoms with van der Waals surface area (Å²) in [5, 5.41) is 42.9. The molecule has 4 heterocycles. The molecule has 26 rings (SSSR count). The van der Waals surface area contributed by atoms with Gasteiger partial charge in [0.2, 0.25) is 11.0 Å². The first kappa shape index (κ1) is 75.5. The summed E-state index contributed by atoms with van der Waals surface area (Å²) in [5.41, 5.74) is 31.7. The molecule has 4 aliphatic rings. The van der Waals surface area contributed by atoms with Gasteiger partial charge in [0.1, 0.15) is 9.40 Å². The number of aromatic amines is 2. The van der Waals surface area contributed by atoms with Crippen molar-refractivity contribution >= 4 is 96.6 Å². The Kier molecular flexibility index (Phi) is 18.4. The molecular weight excluding hydrogens is 1560 g/mol. The van der Waals surface area contributed by atoms with E-state index in [0.717, 1.165) is 91.1 Å². The molecule has 1 atom stereocenters. The topological polar surface area (TPSA) is 142 Å². The largest absolute Gasteiger partial charge is 2.00 e. The minimum atomic E-state index is -0.442. The smallest absolute Gasteiger partial charge is 0.872 e. The van der Waals surface area contributed by atoms with Crippen LogP contribution in [-0.4, -0.2) is 29.6 Å². The van der Waals surface area contributed by atoms with Crippen molar-refractivity contribution in [3.05, 3.63) is 456 Å². The van der Waals surface area contributed by atoms with Gasteiger partial charge in [-0.05, 0) is 190 Å². The van der Waals surface area contributed by atoms with Gasteiger partial charge >= 0.3 is 10.1 Å². The predicted octanol–water partition coefficient (Wildman–Crippen LogP) is 25.4. The average Bonchev–Trinajstić information content (AvgIpc) is 1.51. The molecule has 2 N–H and O–H groups in total. The number of hydrogen-bond acceptors (Lipinski definition) is 8. The van der Waals surface area contributed by atoms with Crippen LogP contribution in [0.25, 0.3) is 169 Å². The fourth-order valence-corrected chi connectivity index (χ4v) is 21.8. The molecule has 582 valence electrons. The third-order valence-electron chi connectivity index (χ3n) is 25.1. The molecule has 1 unspecified atom stereocenters. The first-order valence-corrected chi connectivity index (χ1v) is 43.2. The van der Waals surface area contributed by atoms with Crippen LogP contribution in [0.15, 0.2) is 400 Å². The molecule has 18 aromatic carbocycles. The third kappa shape index (κ3) is 12.2. The molecule has 0 amide bonds. The van der Waals surface area contributed by atoms with E-state index in [1.165, 1.54) is 111 Å². The number of nitrogens with one attached hydrogen (secondary N) is 2. The van der Waals surface area contributed by atoms with Gasteiger partial charge in [-0.1, -0.05) is 355 Å². The Morgan fingerprint density at radius 1 is 0.304 bits per heavy atom. The molecular formula is C113H71BeN7O2S2+2. The molecule has 9 nitrogen and oxygen atoms in total. The maximum absolute atomic E-state index is 12.3. The molecule has 0 radical (unpaired) electrons. The monoisotopic (exact) mass is 1630 g/mol. The average molecular weight is 1630 g/mol. The fraction of sp³-hybridized carbons (Fsp3) is 0.0265. The second kappa shape index (κ2) is 30.5. The standard InChI is InChI=1S/C40H25N3.C39H24N2.2C17H11NOS.Be/c1-3-13-26(14-4-1)37-41-38(27-15-5-2-6-16-27)43-39(42-37)28-23-24-32-31-19-9-12-22-35(31)40(36(32)25-28)33-20-10-7-17-29(33)30-18-8-11-21-34(30)40;1-24-15-17-34-29(19-24)31-22-38-32(28-12-6-8-14-37(28)41(38)26-9-3-2-4-10-26)21-36(31)39(34)33-13-7-5-11-27(33)30-20-25(23-40)16-18-35(30)39;2*19-15-10-12-6-2-1-5-11(12)9-13(15)17-18-14-7-3-4-8-16(14)20-17;/h1-25H;2-22H,1H3;2*1-10,19H;/q;;;;+2. The van der Waals surface area contributed by atoms with Gasteiger partial charge in [-0.15, -0.1) is 0 Å². The summed E-state index contributed by atoms with van der Waals surface area (Å²) >= 11 is 3.24. The molecule has 0 saturated heterocycles. The van der Waals surface area contributed by atoms with E-state index in [4.69, 9.17) is 15.0 Å². The quantitative estimate of drug-likeness (QED) is 0.152. The zero-order chi connectivity index (χ0) is 82.7. The Balaban J connectivity index is 0.000000104. The third-order valence-corrected chi connectivity index (χ3v) is 27.3. The van der Waals surface area contributed by atoms with Gasteiger partial charge in [-0.3, -0.25) is 0 Å². The number of para-hydroxylation sites is 4. The normalized spacial score (nSPS) is 13.4. The maximum atomic E-state index is 12.3. The number of aryl methyl sites for hydroxylation is 1. The summed E-state index contributed by atoms with van der Waals surface area (Å²) in [6.07, 6.45) is 0. The van der Waals surface area contributed by atoms with Gasteiger partial charge in [0.15, 0.2) is 17.5 Å². The molecule has 0 bridgehead atoms. The SMILES string of the molecule is Cc1ccc2c(c1)-c1cc3c(cc1C21c2ccccc2-c2cc(C#N)ccc21)c1ccccc1n3-c1ccccc1.[Be+2].[O-]c1cc2ccccc2cc1-c1[nH+]c2ccccc2s1.[O-]c1cc2ccccc2cc1-c1[nH+]c2ccccc2s1.c1ccc(-c2nc(-c3ccccc3)nc(-c3ccc4c(c3)C3(c5ccccc5-c5ccccc53)c3ccccc3-4)n2)cc1. The van der Waals surface area contributed by atoms with Crippen molar-refractivity contribution in [2.45, 2.75) is 17.8 Å². The van der Waals surface area contributed by atoms with Crippen LogP contribution in [0.5, 0.6) is 11.5 Å². The van der Waals surface area contributed by atoms with E-state index in [9.17, 15) is 15.5 Å². The Morgan fingerprint density at radius 2 is 0.696 bits per heavy atom. The van der Waals surface area contributed by atoms with Crippen molar-refractivity contribution in [3.63, 3.8) is 0 Å². The Hall–Kier alpha value is -15.7. The van der Waals surface area contributed by atoms with Gasteiger partial charge < -0.3 is 14.8 Å². The molecule has 125 heavy (non-hydrogen) atoms. The number of thiazole rings is 2. The minimum absolute atomic E-state index is 0. The molecule has 0 fully saturated rings. The van der Waals surface area contributed by atoms with E-state index < -0.39 is 10.8 Å². The number of fused-ring (bicyclic) bond motifs is 27. The van der Waals surface area contributed by atoms with E-state index in [1.807, 2.05) is 140 Å². The number of aromatic nitrogens is 6. The summed E-state index contributed by atoms with van der Waals surface area (Å²) in [7, 11) is 0. The van der Waals surface area contributed by atoms with Gasteiger partial charge in [-0.2, -0.15) is 15.2 Å². The number of hydrogen-bond donors (Lipinski definition) is 0. The summed E-state index contributed by atoms with van der Waals surface area (Å²) in [6, 6.07) is 142. The van der Waals surface area contributed by atoms with E-state index in [1.54, 1.807) is 34.8 Å². The van der Waals surface area contributed by atoms with E-state index in [0.29, 0.717) is 23.0 Å². The van der Waals surface area contributed by atoms with E-state index in [2.05, 4.69) is 276 Å². The van der Waals surface area contributed by atoms with Crippen LogP contribution in [-0.2, 0) is 10.8 Å². The molecule has 22 aromatic rings. The number of H-pyrrole nitrogens is 2. The van der Waals surface area contributed by atoms with Gasteiger partial charge in [0, 0.05) is 45.3 Å². The van der Waals surface area contributed by atoms with Crippen molar-refractivity contribution in [3.8, 4) is 123 Å². The van der Waals surface area contributed by atoms with Crippen LogP contribution in [0.2, 0.25) is 0 Å². The van der Waals surface area contributed by atoms with E-state index in [-0.39, 0.29) is 21.6 Å². The maximum Gasteiger partial charge on any atom is 2.00 e. The van der Waals surface area contributed by atoms with Crippen LogP contribution in [0.3, 0.4) is 0 Å². The summed E-state index contributed by atoms with van der Waals surface area (Å²) in [5.74, 6) is 2.12. The zero-order valence-electron chi connectivity index (χ0n) is 67.7. The Labute approximate surface area is 733 Å². The molecule has 12 heteroatoms. The van der Waals surface area contributed by atoms with Crippen molar-refractivity contribution in [2.75, 3.05) is 0 Å². The van der Waals surface area contributed by atoms with Gasteiger partial charge in [-0.25, -0.2) is 15.0 Å². The number of nitrogens with zero attached hydrogens (tertiary/aromatic N) is 5. The van der Waals surface area contributed by atoms with Crippen LogP contribution in [0.4, 0.5) is 0 Å². The molecule has 2 spiro atoms. The van der Waals surface area contributed by atoms with Crippen molar-refractivity contribution in [1.82, 2.24) is 19.5 Å². The molecule has 4 aromatic heterocycles. The first-order valence-electron chi connectivity index (χ1n) is 41.6. The Morgan fingerprint density at radius 3 is 1.21 bits per heavy atom. The zero-order valence-corrected chi connectivity index (χ0v) is 69.3. The molecule has 4 aliphatic carbocycles. The van der Waals surface area contributed by atoms with E-state index >= 15 is 0 Å². The summed E-state index contributed by atoms with van der Waals surface area (Å²) in [4.78, 5) is 21.7. The number of nitriles is 1. The molecule has 0 saturated carbocycles. The number of rotatable bonds is 6. The van der Waals surface area contributed by atoms with Crippen LogP contribution in [0, 0.1) is 18.3 Å². The van der Waals surface area contributed by atoms with Gasteiger partial charge in [0.05, 0.1) is 44.6 Å². The summed E-state index contributed by atoms with van der Waals surface area (Å²) in [6.45, 7) is 2.18. The van der Waals surface area contributed by atoms with Crippen molar-refractivity contribution < 1.29 is 20.2 Å².